The van der Waals surface area contributed by atoms with Gasteiger partial charge < -0.3 is 20.1 Å². The summed E-state index contributed by atoms with van der Waals surface area (Å²) in [5.74, 6) is -1.23. The molecular formula is C15H16F3N5O3. The van der Waals surface area contributed by atoms with Crippen LogP contribution in [-0.2, 0) is 0 Å². The fourth-order valence-corrected chi connectivity index (χ4v) is 2.81. The number of nitrogens with zero attached hydrogens (tertiary/aromatic N) is 3. The number of carboxylic acid groups (broad SMARTS) is 1. The van der Waals surface area contributed by atoms with E-state index >= 15 is 0 Å². The molecule has 8 nitrogen and oxygen atoms in total. The lowest BCUT2D eigenvalue weighted by atomic mass is 10.0. The van der Waals surface area contributed by atoms with E-state index in [4.69, 9.17) is 5.11 Å². The van der Waals surface area contributed by atoms with Gasteiger partial charge in [-0.3, -0.25) is 0 Å². The summed E-state index contributed by atoms with van der Waals surface area (Å²) in [5, 5.41) is 21.7. The number of anilines is 2. The van der Waals surface area contributed by atoms with E-state index in [1.54, 1.807) is 12.1 Å². The topological polar surface area (TPSA) is 103 Å². The SMILES string of the molecule is O=C(O)c1n[nH]nc1NC1CCN(c2ccc(OC(F)(F)F)cc2)CC1. The van der Waals surface area contributed by atoms with Crippen LogP contribution in [0.25, 0.3) is 0 Å². The smallest absolute Gasteiger partial charge is 0.476 e. The number of carboxylic acids is 1. The van der Waals surface area contributed by atoms with Crippen LogP contribution in [0.5, 0.6) is 5.75 Å². The Kier molecular flexibility index (Phi) is 4.87. The molecular weight excluding hydrogens is 355 g/mol. The van der Waals surface area contributed by atoms with Gasteiger partial charge in [-0.25, -0.2) is 4.79 Å². The number of benzene rings is 1. The molecule has 0 bridgehead atoms. The lowest BCUT2D eigenvalue weighted by Crippen LogP contribution is -2.39. The number of hydrogen-bond donors (Lipinski definition) is 3. The second-order valence-electron chi connectivity index (χ2n) is 5.77. The number of aromatic nitrogens is 3. The summed E-state index contributed by atoms with van der Waals surface area (Å²) in [6.45, 7) is 1.33. The summed E-state index contributed by atoms with van der Waals surface area (Å²) in [6.07, 6.45) is -3.28. The van der Waals surface area contributed by atoms with Crippen LogP contribution in [0.15, 0.2) is 24.3 Å². The Balaban J connectivity index is 1.55. The minimum Gasteiger partial charge on any atom is -0.476 e. The van der Waals surface area contributed by atoms with Crippen molar-refractivity contribution >= 4 is 17.5 Å². The highest BCUT2D eigenvalue weighted by Gasteiger charge is 2.31. The van der Waals surface area contributed by atoms with Gasteiger partial charge in [-0.05, 0) is 37.1 Å². The molecule has 0 atom stereocenters. The van der Waals surface area contributed by atoms with E-state index in [1.165, 1.54) is 12.1 Å². The molecule has 0 amide bonds. The van der Waals surface area contributed by atoms with Gasteiger partial charge in [-0.2, -0.15) is 5.21 Å². The third kappa shape index (κ3) is 4.35. The highest BCUT2D eigenvalue weighted by Crippen LogP contribution is 2.27. The zero-order valence-corrected chi connectivity index (χ0v) is 13.5. The molecule has 1 fully saturated rings. The number of hydrogen-bond acceptors (Lipinski definition) is 6. The van der Waals surface area contributed by atoms with Crippen molar-refractivity contribution in [3.8, 4) is 5.75 Å². The van der Waals surface area contributed by atoms with Crippen LogP contribution in [0.1, 0.15) is 23.3 Å². The van der Waals surface area contributed by atoms with Crippen molar-refractivity contribution in [2.24, 2.45) is 0 Å². The fraction of sp³-hybridized carbons (Fsp3) is 0.400. The molecule has 0 aliphatic carbocycles. The molecule has 140 valence electrons. The van der Waals surface area contributed by atoms with Crippen molar-refractivity contribution in [3.63, 3.8) is 0 Å². The normalized spacial score (nSPS) is 15.7. The number of alkyl halides is 3. The first-order valence-electron chi connectivity index (χ1n) is 7.83. The molecule has 1 aromatic heterocycles. The predicted octanol–water partition coefficient (Wildman–Crippen LogP) is 2.48. The fourth-order valence-electron chi connectivity index (χ4n) is 2.81. The molecule has 3 N–H and O–H groups in total. The highest BCUT2D eigenvalue weighted by molar-refractivity contribution is 5.90. The Labute approximate surface area is 145 Å². The van der Waals surface area contributed by atoms with Crippen LogP contribution >= 0.6 is 0 Å². The number of nitrogens with one attached hydrogen (secondary N) is 2. The summed E-state index contributed by atoms with van der Waals surface area (Å²) in [5.41, 5.74) is 0.637. The van der Waals surface area contributed by atoms with Crippen molar-refractivity contribution in [1.29, 1.82) is 0 Å². The number of carbonyl (C=O) groups is 1. The van der Waals surface area contributed by atoms with E-state index in [1.807, 2.05) is 4.90 Å². The van der Waals surface area contributed by atoms with Gasteiger partial charge in [-0.1, -0.05) is 0 Å². The van der Waals surface area contributed by atoms with Gasteiger partial charge >= 0.3 is 12.3 Å². The Morgan fingerprint density at radius 2 is 1.88 bits per heavy atom. The number of ether oxygens (including phenoxy) is 1. The molecule has 1 aromatic carbocycles. The van der Waals surface area contributed by atoms with Crippen LogP contribution in [0, 0.1) is 0 Å². The lowest BCUT2D eigenvalue weighted by molar-refractivity contribution is -0.274. The molecule has 1 aliphatic rings. The van der Waals surface area contributed by atoms with E-state index < -0.39 is 12.3 Å². The largest absolute Gasteiger partial charge is 0.573 e. The molecule has 0 radical (unpaired) electrons. The molecule has 3 rings (SSSR count). The van der Waals surface area contributed by atoms with E-state index in [2.05, 4.69) is 25.5 Å². The average Bonchev–Trinajstić information content (AvgIpc) is 3.03. The maximum Gasteiger partial charge on any atom is 0.573 e. The monoisotopic (exact) mass is 371 g/mol. The molecule has 2 heterocycles. The first-order chi connectivity index (χ1) is 12.3. The van der Waals surface area contributed by atoms with Crippen molar-refractivity contribution in [2.45, 2.75) is 25.2 Å². The Bertz CT molecular complexity index is 755. The second-order valence-corrected chi connectivity index (χ2v) is 5.77. The van der Waals surface area contributed by atoms with Gasteiger partial charge in [0.25, 0.3) is 0 Å². The van der Waals surface area contributed by atoms with Gasteiger partial charge in [0.05, 0.1) is 0 Å². The highest BCUT2D eigenvalue weighted by atomic mass is 19.4. The summed E-state index contributed by atoms with van der Waals surface area (Å²) < 4.78 is 40.4. The van der Waals surface area contributed by atoms with Crippen LogP contribution < -0.4 is 15.0 Å². The Hall–Kier alpha value is -2.98. The summed E-state index contributed by atoms with van der Waals surface area (Å²) in [7, 11) is 0. The minimum absolute atomic E-state index is 0.0299. The lowest BCUT2D eigenvalue weighted by Gasteiger charge is -2.34. The van der Waals surface area contributed by atoms with Gasteiger partial charge in [-0.15, -0.1) is 23.4 Å². The average molecular weight is 371 g/mol. The molecule has 2 aromatic rings. The van der Waals surface area contributed by atoms with E-state index in [0.717, 1.165) is 5.69 Å². The van der Waals surface area contributed by atoms with Gasteiger partial charge in [0.1, 0.15) is 5.75 Å². The zero-order chi connectivity index (χ0) is 18.7. The van der Waals surface area contributed by atoms with Gasteiger partial charge in [0.2, 0.25) is 5.69 Å². The van der Waals surface area contributed by atoms with Crippen molar-refractivity contribution in [3.05, 3.63) is 30.0 Å². The molecule has 0 saturated carbocycles. The number of piperidine rings is 1. The minimum atomic E-state index is -4.71. The predicted molar refractivity (Wildman–Crippen MR) is 85.3 cm³/mol. The van der Waals surface area contributed by atoms with Crippen LogP contribution in [0.3, 0.4) is 0 Å². The van der Waals surface area contributed by atoms with Crippen LogP contribution in [0.4, 0.5) is 24.7 Å². The number of aromatic carboxylic acids is 1. The van der Waals surface area contributed by atoms with E-state index in [9.17, 15) is 18.0 Å². The zero-order valence-electron chi connectivity index (χ0n) is 13.5. The summed E-state index contributed by atoms with van der Waals surface area (Å²) >= 11 is 0. The van der Waals surface area contributed by atoms with Crippen LogP contribution in [0.2, 0.25) is 0 Å². The van der Waals surface area contributed by atoms with Gasteiger partial charge in [0.15, 0.2) is 5.82 Å². The maximum atomic E-state index is 12.2. The molecule has 26 heavy (non-hydrogen) atoms. The third-order valence-corrected chi connectivity index (χ3v) is 4.02. The first kappa shape index (κ1) is 17.8. The second kappa shape index (κ2) is 7.10. The number of aromatic amines is 1. The summed E-state index contributed by atoms with van der Waals surface area (Å²) in [4.78, 5) is 13.1. The standard InChI is InChI=1S/C15H16F3N5O3/c16-15(17,18)26-11-3-1-10(2-4-11)23-7-5-9(6-8-23)19-13-12(14(24)25)20-22-21-13/h1-4,9H,5-8H2,(H,24,25)(H2,19,20,21,22). The Morgan fingerprint density at radius 1 is 1.23 bits per heavy atom. The molecule has 0 spiro atoms. The first-order valence-corrected chi connectivity index (χ1v) is 7.83. The van der Waals surface area contributed by atoms with Crippen molar-refractivity contribution in [1.82, 2.24) is 15.4 Å². The molecule has 1 aliphatic heterocycles. The number of H-pyrrole nitrogens is 1. The van der Waals surface area contributed by atoms with Crippen molar-refractivity contribution in [2.75, 3.05) is 23.3 Å². The van der Waals surface area contributed by atoms with E-state index in [-0.39, 0.29) is 23.3 Å². The maximum absolute atomic E-state index is 12.2. The summed E-state index contributed by atoms with van der Waals surface area (Å²) in [6, 6.07) is 5.75. The Morgan fingerprint density at radius 3 is 2.46 bits per heavy atom. The van der Waals surface area contributed by atoms with Crippen LogP contribution in [-0.4, -0.2) is 52.0 Å². The molecule has 11 heteroatoms. The molecule has 0 unspecified atom stereocenters. The molecule has 1 saturated heterocycles. The third-order valence-electron chi connectivity index (χ3n) is 4.02. The number of rotatable bonds is 5. The number of halogens is 3. The van der Waals surface area contributed by atoms with E-state index in [0.29, 0.717) is 25.9 Å². The van der Waals surface area contributed by atoms with Gasteiger partial charge in [0, 0.05) is 24.8 Å². The van der Waals surface area contributed by atoms with Crippen molar-refractivity contribution < 1.29 is 27.8 Å². The quantitative estimate of drug-likeness (QED) is 0.742.